The van der Waals surface area contributed by atoms with E-state index in [9.17, 15) is 4.21 Å². The Morgan fingerprint density at radius 3 is 2.57 bits per heavy atom. The Kier molecular flexibility index (Phi) is 12.9. The first-order valence-corrected chi connectivity index (χ1v) is 11.1. The first kappa shape index (κ1) is 25.3. The van der Waals surface area contributed by atoms with E-state index in [-0.39, 0.29) is 24.0 Å². The Bertz CT molecular complexity index is 593. The predicted octanol–water partition coefficient (Wildman–Crippen LogP) is 2.47. The molecular weight excluding hydrogens is 487 g/mol. The molecule has 0 aromatic heterocycles. The summed E-state index contributed by atoms with van der Waals surface area (Å²) in [6.45, 7) is 8.74. The molecule has 8 heteroatoms. The fourth-order valence-corrected chi connectivity index (χ4v) is 4.04. The molecule has 0 bridgehead atoms. The van der Waals surface area contributed by atoms with Crippen molar-refractivity contribution in [3.05, 3.63) is 30.3 Å². The van der Waals surface area contributed by atoms with E-state index in [4.69, 9.17) is 4.74 Å². The van der Waals surface area contributed by atoms with Crippen molar-refractivity contribution < 1.29 is 8.95 Å². The maximum Gasteiger partial charge on any atom is 0.191 e. The van der Waals surface area contributed by atoms with E-state index < -0.39 is 10.8 Å². The number of nitrogens with one attached hydrogen (secondary N) is 2. The summed E-state index contributed by atoms with van der Waals surface area (Å²) in [5.41, 5.74) is 0. The van der Waals surface area contributed by atoms with Gasteiger partial charge in [0, 0.05) is 49.9 Å². The van der Waals surface area contributed by atoms with Crippen LogP contribution in [0, 0.1) is 0 Å². The summed E-state index contributed by atoms with van der Waals surface area (Å²) in [5, 5.41) is 6.78. The number of guanidine groups is 1. The van der Waals surface area contributed by atoms with Gasteiger partial charge in [0.25, 0.3) is 0 Å². The van der Waals surface area contributed by atoms with Gasteiger partial charge in [-0.05, 0) is 38.8 Å². The molecule has 1 unspecified atom stereocenters. The maximum atomic E-state index is 12.3. The highest BCUT2D eigenvalue weighted by Gasteiger charge is 2.19. The Labute approximate surface area is 189 Å². The average Bonchev–Trinajstić information content (AvgIpc) is 2.68. The summed E-state index contributed by atoms with van der Waals surface area (Å²) >= 11 is 0. The highest BCUT2D eigenvalue weighted by atomic mass is 127. The van der Waals surface area contributed by atoms with Gasteiger partial charge in [-0.1, -0.05) is 18.2 Å². The predicted molar refractivity (Wildman–Crippen MR) is 128 cm³/mol. The fourth-order valence-electron chi connectivity index (χ4n) is 3.06. The molecule has 1 fully saturated rings. The highest BCUT2D eigenvalue weighted by Crippen LogP contribution is 2.10. The van der Waals surface area contributed by atoms with E-state index in [1.165, 1.54) is 0 Å². The van der Waals surface area contributed by atoms with Crippen molar-refractivity contribution in [1.82, 2.24) is 15.5 Å². The number of rotatable bonds is 9. The van der Waals surface area contributed by atoms with E-state index in [1.54, 1.807) is 7.05 Å². The van der Waals surface area contributed by atoms with Gasteiger partial charge in [-0.3, -0.25) is 9.20 Å². The molecular formula is C20H35IN4O2S. The Hall–Kier alpha value is -0.710. The van der Waals surface area contributed by atoms with Crippen LogP contribution in [0.2, 0.25) is 0 Å². The van der Waals surface area contributed by atoms with Crippen molar-refractivity contribution in [2.75, 3.05) is 45.6 Å². The minimum atomic E-state index is -0.984. The van der Waals surface area contributed by atoms with Gasteiger partial charge in [-0.2, -0.15) is 0 Å². The van der Waals surface area contributed by atoms with Gasteiger partial charge in [-0.15, -0.1) is 24.0 Å². The number of hydrogen-bond donors (Lipinski definition) is 2. The third-order valence-electron chi connectivity index (χ3n) is 4.60. The molecule has 0 radical (unpaired) electrons. The van der Waals surface area contributed by atoms with Crippen molar-refractivity contribution in [3.63, 3.8) is 0 Å². The number of likely N-dealkylation sites (tertiary alicyclic amines) is 1. The maximum absolute atomic E-state index is 12.3. The summed E-state index contributed by atoms with van der Waals surface area (Å²) in [5.74, 6) is 1.36. The largest absolute Gasteiger partial charge is 0.377 e. The third kappa shape index (κ3) is 9.67. The van der Waals surface area contributed by atoms with Crippen LogP contribution in [0.15, 0.2) is 40.2 Å². The topological polar surface area (TPSA) is 66.0 Å². The molecule has 2 rings (SSSR count). The summed E-state index contributed by atoms with van der Waals surface area (Å²) in [6, 6.07) is 10.0. The van der Waals surface area contributed by atoms with Crippen molar-refractivity contribution in [2.24, 2.45) is 4.99 Å². The standard InChI is InChI=1S/C20H34N4O2S.HI/c1-17(2)26-15-14-24-12-9-18(10-13-24)23-20(21-3)22-11-16-27(25)19-7-5-4-6-8-19;/h4-8,17-18H,9-16H2,1-3H3,(H2,21,22,23);1H. The van der Waals surface area contributed by atoms with Gasteiger partial charge in [0.05, 0.1) is 23.5 Å². The Morgan fingerprint density at radius 1 is 1.29 bits per heavy atom. The fraction of sp³-hybridized carbons (Fsp3) is 0.650. The van der Waals surface area contributed by atoms with Gasteiger partial charge < -0.3 is 20.3 Å². The lowest BCUT2D eigenvalue weighted by molar-refractivity contribution is 0.0532. The van der Waals surface area contributed by atoms with E-state index >= 15 is 0 Å². The van der Waals surface area contributed by atoms with Crippen molar-refractivity contribution >= 4 is 40.7 Å². The zero-order valence-corrected chi connectivity index (χ0v) is 20.4. The third-order valence-corrected chi connectivity index (χ3v) is 5.97. The molecule has 0 spiro atoms. The minimum absolute atomic E-state index is 0. The number of aliphatic imine (C=N–C) groups is 1. The number of piperidine rings is 1. The van der Waals surface area contributed by atoms with Crippen LogP contribution in [0.4, 0.5) is 0 Å². The van der Waals surface area contributed by atoms with Gasteiger partial charge in [-0.25, -0.2) is 0 Å². The lowest BCUT2D eigenvalue weighted by atomic mass is 10.1. The van der Waals surface area contributed by atoms with Crippen LogP contribution in [0.25, 0.3) is 0 Å². The Balaban J connectivity index is 0.00000392. The second kappa shape index (κ2) is 14.3. The average molecular weight is 522 g/mol. The molecule has 28 heavy (non-hydrogen) atoms. The van der Waals surface area contributed by atoms with Gasteiger partial charge >= 0.3 is 0 Å². The molecule has 1 atom stereocenters. The second-order valence-corrected chi connectivity index (χ2v) is 8.61. The highest BCUT2D eigenvalue weighted by molar-refractivity contribution is 14.0. The first-order chi connectivity index (χ1) is 13.1. The molecule has 1 aliphatic heterocycles. The molecule has 2 N–H and O–H groups in total. The lowest BCUT2D eigenvalue weighted by Crippen LogP contribution is -2.49. The van der Waals surface area contributed by atoms with Crippen molar-refractivity contribution in [2.45, 2.75) is 43.7 Å². The van der Waals surface area contributed by atoms with E-state index in [1.807, 2.05) is 30.3 Å². The number of benzene rings is 1. The molecule has 1 aliphatic rings. The smallest absolute Gasteiger partial charge is 0.191 e. The zero-order valence-electron chi connectivity index (χ0n) is 17.2. The first-order valence-electron chi connectivity index (χ1n) is 9.83. The monoisotopic (exact) mass is 522 g/mol. The summed E-state index contributed by atoms with van der Waals surface area (Å²) in [4.78, 5) is 7.63. The molecule has 1 heterocycles. The molecule has 6 nitrogen and oxygen atoms in total. The number of ether oxygens (including phenoxy) is 1. The Morgan fingerprint density at radius 2 is 1.96 bits per heavy atom. The SMILES string of the molecule is CN=C(NCCS(=O)c1ccccc1)NC1CCN(CCOC(C)C)CC1.I. The van der Waals surface area contributed by atoms with Crippen LogP contribution in [0.3, 0.4) is 0 Å². The molecule has 0 saturated carbocycles. The van der Waals surface area contributed by atoms with Gasteiger partial charge in [0.1, 0.15) is 0 Å². The second-order valence-electron chi connectivity index (χ2n) is 7.04. The van der Waals surface area contributed by atoms with Crippen LogP contribution in [-0.4, -0.2) is 72.8 Å². The van der Waals surface area contributed by atoms with Crippen LogP contribution in [0.5, 0.6) is 0 Å². The van der Waals surface area contributed by atoms with Crippen molar-refractivity contribution in [1.29, 1.82) is 0 Å². The normalized spacial score (nSPS) is 17.2. The summed E-state index contributed by atoms with van der Waals surface area (Å²) < 4.78 is 17.9. The zero-order chi connectivity index (χ0) is 19.5. The number of halogens is 1. The van der Waals surface area contributed by atoms with Gasteiger partial charge in [0.15, 0.2) is 5.96 Å². The quantitative estimate of drug-likeness (QED) is 0.297. The summed E-state index contributed by atoms with van der Waals surface area (Å²) in [7, 11) is 0.796. The van der Waals surface area contributed by atoms with Crippen LogP contribution >= 0.6 is 24.0 Å². The molecule has 1 saturated heterocycles. The number of hydrogen-bond acceptors (Lipinski definition) is 4. The molecule has 1 aromatic carbocycles. The summed E-state index contributed by atoms with van der Waals surface area (Å²) in [6.07, 6.45) is 2.49. The lowest BCUT2D eigenvalue weighted by Gasteiger charge is -2.33. The molecule has 0 amide bonds. The number of nitrogens with zero attached hydrogens (tertiary/aromatic N) is 2. The van der Waals surface area contributed by atoms with E-state index in [0.717, 1.165) is 49.9 Å². The van der Waals surface area contributed by atoms with Gasteiger partial charge in [0.2, 0.25) is 0 Å². The van der Waals surface area contributed by atoms with Crippen LogP contribution < -0.4 is 10.6 Å². The van der Waals surface area contributed by atoms with E-state index in [2.05, 4.69) is 34.4 Å². The minimum Gasteiger partial charge on any atom is -0.377 e. The van der Waals surface area contributed by atoms with Crippen LogP contribution in [0.1, 0.15) is 26.7 Å². The molecule has 0 aliphatic carbocycles. The molecule has 1 aromatic rings. The van der Waals surface area contributed by atoms with Crippen molar-refractivity contribution in [3.8, 4) is 0 Å². The van der Waals surface area contributed by atoms with Crippen LogP contribution in [-0.2, 0) is 15.5 Å². The van der Waals surface area contributed by atoms with E-state index in [0.29, 0.717) is 24.4 Å². The molecule has 160 valence electrons.